The molecule has 0 spiro atoms. The van der Waals surface area contributed by atoms with Gasteiger partial charge in [-0.15, -0.1) is 11.3 Å². The molecule has 4 nitrogen and oxygen atoms in total. The van der Waals surface area contributed by atoms with Crippen LogP contribution in [0.4, 0.5) is 5.13 Å². The van der Waals surface area contributed by atoms with Crippen LogP contribution >= 0.6 is 11.3 Å². The lowest BCUT2D eigenvalue weighted by Gasteiger charge is -2.18. The first-order valence-electron chi connectivity index (χ1n) is 10.6. The number of fused-ring (bicyclic) bond motifs is 5. The highest BCUT2D eigenvalue weighted by atomic mass is 32.1. The van der Waals surface area contributed by atoms with E-state index in [0.717, 1.165) is 36.9 Å². The first-order valence-corrected chi connectivity index (χ1v) is 11.5. The number of carbonyl (C=O) groups excluding carboxylic acids is 2. The molecule has 150 valence electrons. The summed E-state index contributed by atoms with van der Waals surface area (Å²) in [6.45, 7) is 6.41. The van der Waals surface area contributed by atoms with Crippen LogP contribution in [0.5, 0.6) is 0 Å². The summed E-state index contributed by atoms with van der Waals surface area (Å²) in [4.78, 5) is 32.6. The highest BCUT2D eigenvalue weighted by molar-refractivity contribution is 7.14. The van der Waals surface area contributed by atoms with Crippen LogP contribution in [0.3, 0.4) is 0 Å². The predicted molar refractivity (Wildman–Crippen MR) is 116 cm³/mol. The summed E-state index contributed by atoms with van der Waals surface area (Å²) in [5.74, 6) is 0.0814. The van der Waals surface area contributed by atoms with E-state index in [0.29, 0.717) is 5.13 Å². The van der Waals surface area contributed by atoms with E-state index >= 15 is 0 Å². The highest BCUT2D eigenvalue weighted by Gasteiger charge is 2.64. The monoisotopic (exact) mass is 406 g/mol. The first-order chi connectivity index (χ1) is 14.0. The number of anilines is 1. The van der Waals surface area contributed by atoms with Crippen molar-refractivity contribution in [3.05, 3.63) is 46.4 Å². The van der Waals surface area contributed by atoms with Crippen LogP contribution in [0, 0.1) is 23.7 Å². The molecule has 1 aliphatic heterocycles. The topological polar surface area (TPSA) is 50.3 Å². The number of aryl methyl sites for hydroxylation is 1. The minimum absolute atomic E-state index is 0.0369. The average molecular weight is 407 g/mol. The summed E-state index contributed by atoms with van der Waals surface area (Å²) in [5, 5.41) is 2.48. The van der Waals surface area contributed by atoms with Crippen molar-refractivity contribution in [2.24, 2.45) is 23.7 Å². The van der Waals surface area contributed by atoms with E-state index in [-0.39, 0.29) is 35.5 Å². The van der Waals surface area contributed by atoms with E-state index in [1.165, 1.54) is 32.9 Å². The molecule has 5 heteroatoms. The Labute approximate surface area is 175 Å². The molecule has 2 bridgehead atoms. The maximum Gasteiger partial charge on any atom is 0.240 e. The summed E-state index contributed by atoms with van der Waals surface area (Å²) in [6, 6.07) is 8.42. The Morgan fingerprint density at radius 3 is 2.24 bits per heavy atom. The van der Waals surface area contributed by atoms with Crippen molar-refractivity contribution in [1.29, 1.82) is 0 Å². The molecule has 5 rings (SSSR count). The number of benzene rings is 1. The third-order valence-corrected chi connectivity index (χ3v) is 7.73. The van der Waals surface area contributed by atoms with Gasteiger partial charge >= 0.3 is 0 Å². The molecule has 29 heavy (non-hydrogen) atoms. The lowest BCUT2D eigenvalue weighted by atomic mass is 9.81. The van der Waals surface area contributed by atoms with E-state index in [1.54, 1.807) is 0 Å². The van der Waals surface area contributed by atoms with Gasteiger partial charge in [-0.1, -0.05) is 48.8 Å². The summed E-state index contributed by atoms with van der Waals surface area (Å²) in [6.07, 6.45) is 4.26. The maximum atomic E-state index is 13.3. The number of hydrogen-bond donors (Lipinski definition) is 0. The third kappa shape index (κ3) is 2.74. The van der Waals surface area contributed by atoms with Crippen molar-refractivity contribution in [1.82, 2.24) is 4.98 Å². The average Bonchev–Trinajstić information content (AvgIpc) is 3.45. The molecule has 1 aromatic heterocycles. The summed E-state index contributed by atoms with van der Waals surface area (Å²) in [5.41, 5.74) is 5.85. The number of imide groups is 1. The van der Waals surface area contributed by atoms with Crippen molar-refractivity contribution >= 4 is 28.3 Å². The molecule has 2 aromatic rings. The molecular formula is C24H26N2O2S. The second kappa shape index (κ2) is 6.91. The highest BCUT2D eigenvalue weighted by Crippen LogP contribution is 2.60. The Kier molecular flexibility index (Phi) is 4.46. The Morgan fingerprint density at radius 2 is 1.69 bits per heavy atom. The zero-order valence-corrected chi connectivity index (χ0v) is 18.0. The Bertz CT molecular complexity index is 984. The van der Waals surface area contributed by atoms with E-state index in [4.69, 9.17) is 0 Å². The van der Waals surface area contributed by atoms with Gasteiger partial charge in [0.25, 0.3) is 0 Å². The van der Waals surface area contributed by atoms with Crippen LogP contribution in [0.25, 0.3) is 11.3 Å². The maximum absolute atomic E-state index is 13.3. The molecule has 0 radical (unpaired) electrons. The van der Waals surface area contributed by atoms with Gasteiger partial charge in [0.1, 0.15) is 0 Å². The summed E-state index contributed by atoms with van der Waals surface area (Å²) < 4.78 is 0. The number of carbonyl (C=O) groups is 2. The number of hydrogen-bond acceptors (Lipinski definition) is 4. The SMILES string of the molecule is CCCc1ccc(-c2csc(N3C(=O)C4C5CCC(C5=C(C)C)C4C3=O)n2)cc1. The van der Waals surface area contributed by atoms with Crippen LogP contribution in [0.1, 0.15) is 45.6 Å². The largest absolute Gasteiger partial charge is 0.274 e. The minimum atomic E-state index is -0.174. The quantitative estimate of drug-likeness (QED) is 0.515. The van der Waals surface area contributed by atoms with Crippen LogP contribution in [-0.4, -0.2) is 16.8 Å². The molecule has 2 amide bonds. The number of rotatable bonds is 4. The molecule has 4 atom stereocenters. The van der Waals surface area contributed by atoms with Crippen molar-refractivity contribution in [3.63, 3.8) is 0 Å². The second-order valence-corrected chi connectivity index (χ2v) is 9.61. The van der Waals surface area contributed by atoms with Crippen LogP contribution < -0.4 is 4.90 Å². The summed E-state index contributed by atoms with van der Waals surface area (Å²) >= 11 is 1.39. The number of allylic oxidation sites excluding steroid dienone is 2. The fourth-order valence-corrected chi connectivity index (χ4v) is 6.65. The molecule has 4 unspecified atom stereocenters. The molecule has 1 saturated heterocycles. The van der Waals surface area contributed by atoms with Gasteiger partial charge in [-0.05, 0) is 50.5 Å². The standard InChI is InChI=1S/C24H26N2O2S/c1-4-5-14-6-8-15(9-7-14)18-12-29-24(25-18)26-22(27)20-16-10-11-17(19(16)13(2)3)21(20)23(26)28/h6-9,12,16-17,20-21H,4-5,10-11H2,1-3H3. The number of thiazole rings is 1. The molecule has 3 fully saturated rings. The van der Waals surface area contributed by atoms with Gasteiger partial charge in [0.05, 0.1) is 17.5 Å². The zero-order chi connectivity index (χ0) is 20.3. The first kappa shape index (κ1) is 18.7. The number of amides is 2. The van der Waals surface area contributed by atoms with Crippen LogP contribution in [-0.2, 0) is 16.0 Å². The van der Waals surface area contributed by atoms with E-state index in [2.05, 4.69) is 50.0 Å². The van der Waals surface area contributed by atoms with Gasteiger partial charge in [0.2, 0.25) is 11.8 Å². The van der Waals surface area contributed by atoms with Crippen molar-refractivity contribution in [2.75, 3.05) is 4.90 Å². The van der Waals surface area contributed by atoms with E-state index in [9.17, 15) is 9.59 Å². The van der Waals surface area contributed by atoms with Crippen LogP contribution in [0.15, 0.2) is 40.8 Å². The van der Waals surface area contributed by atoms with Crippen molar-refractivity contribution < 1.29 is 9.59 Å². The smallest absolute Gasteiger partial charge is 0.240 e. The van der Waals surface area contributed by atoms with Crippen molar-refractivity contribution in [2.45, 2.75) is 46.5 Å². The molecule has 2 saturated carbocycles. The Morgan fingerprint density at radius 1 is 1.07 bits per heavy atom. The molecule has 0 N–H and O–H groups in total. The second-order valence-electron chi connectivity index (χ2n) is 8.77. The predicted octanol–water partition coefficient (Wildman–Crippen LogP) is 5.24. The van der Waals surface area contributed by atoms with Gasteiger partial charge < -0.3 is 0 Å². The Hall–Kier alpha value is -2.27. The van der Waals surface area contributed by atoms with Gasteiger partial charge in [0.15, 0.2) is 5.13 Å². The van der Waals surface area contributed by atoms with E-state index in [1.807, 2.05) is 5.38 Å². The summed E-state index contributed by atoms with van der Waals surface area (Å²) in [7, 11) is 0. The number of nitrogens with zero attached hydrogens (tertiary/aromatic N) is 2. The lowest BCUT2D eigenvalue weighted by Crippen LogP contribution is -2.33. The minimum Gasteiger partial charge on any atom is -0.274 e. The Balaban J connectivity index is 1.43. The van der Waals surface area contributed by atoms with Gasteiger partial charge in [0, 0.05) is 10.9 Å². The fourth-order valence-electron chi connectivity index (χ4n) is 5.81. The molecular weight excluding hydrogens is 380 g/mol. The zero-order valence-electron chi connectivity index (χ0n) is 17.1. The van der Waals surface area contributed by atoms with Crippen LogP contribution in [0.2, 0.25) is 0 Å². The molecule has 2 heterocycles. The molecule has 2 aliphatic carbocycles. The van der Waals surface area contributed by atoms with Gasteiger partial charge in [-0.3, -0.25) is 9.59 Å². The molecule has 3 aliphatic rings. The lowest BCUT2D eigenvalue weighted by molar-refractivity contribution is -0.123. The van der Waals surface area contributed by atoms with Gasteiger partial charge in [-0.2, -0.15) is 0 Å². The molecule has 1 aromatic carbocycles. The van der Waals surface area contributed by atoms with E-state index < -0.39 is 0 Å². The van der Waals surface area contributed by atoms with Gasteiger partial charge in [-0.25, -0.2) is 9.88 Å². The number of aromatic nitrogens is 1. The third-order valence-electron chi connectivity index (χ3n) is 6.90. The van der Waals surface area contributed by atoms with Crippen molar-refractivity contribution in [3.8, 4) is 11.3 Å². The fraction of sp³-hybridized carbons (Fsp3) is 0.458. The normalized spacial score (nSPS) is 27.8.